The number of hydrogen-bond acceptors (Lipinski definition) is 3. The number of fused-ring (bicyclic) bond motifs is 1. The minimum atomic E-state index is 0.0181. The first kappa shape index (κ1) is 12.4. The van der Waals surface area contributed by atoms with Crippen molar-refractivity contribution in [2.75, 3.05) is 0 Å². The average Bonchev–Trinajstić information content (AvgIpc) is 2.95. The van der Waals surface area contributed by atoms with Gasteiger partial charge in [-0.1, -0.05) is 18.2 Å². The van der Waals surface area contributed by atoms with Gasteiger partial charge in [0.1, 0.15) is 0 Å². The van der Waals surface area contributed by atoms with E-state index in [9.17, 15) is 0 Å². The van der Waals surface area contributed by atoms with E-state index in [1.165, 1.54) is 16.5 Å². The van der Waals surface area contributed by atoms with E-state index >= 15 is 0 Å². The predicted molar refractivity (Wildman–Crippen MR) is 80.4 cm³/mol. The van der Waals surface area contributed by atoms with Crippen molar-refractivity contribution in [2.45, 2.75) is 19.4 Å². The molecule has 3 aromatic rings. The van der Waals surface area contributed by atoms with Gasteiger partial charge in [-0.15, -0.1) is 0 Å². The van der Waals surface area contributed by atoms with Crippen LogP contribution in [0, 0.1) is 6.92 Å². The zero-order valence-corrected chi connectivity index (χ0v) is 11.9. The molecular weight excluding hydrogens is 254 g/mol. The lowest BCUT2D eigenvalue weighted by atomic mass is 10.0. The number of aryl methyl sites for hydroxylation is 2. The minimum Gasteiger partial charge on any atom is -0.324 e. The van der Waals surface area contributed by atoms with E-state index < -0.39 is 0 Å². The van der Waals surface area contributed by atoms with E-state index in [0.29, 0.717) is 0 Å². The van der Waals surface area contributed by atoms with Crippen LogP contribution in [-0.2, 0) is 13.5 Å². The molecule has 0 spiro atoms. The van der Waals surface area contributed by atoms with E-state index in [-0.39, 0.29) is 6.04 Å². The summed E-state index contributed by atoms with van der Waals surface area (Å²) >= 11 is 1.71. The summed E-state index contributed by atoms with van der Waals surface area (Å²) in [5.41, 5.74) is 11.1. The molecule has 0 saturated carbocycles. The molecule has 0 saturated heterocycles. The van der Waals surface area contributed by atoms with Gasteiger partial charge in [0.15, 0.2) is 0 Å². The lowest BCUT2D eigenvalue weighted by Gasteiger charge is -2.10. The second kappa shape index (κ2) is 4.79. The average molecular weight is 271 g/mol. The second-order valence-corrected chi connectivity index (χ2v) is 5.65. The molecule has 1 unspecified atom stereocenters. The van der Waals surface area contributed by atoms with Crippen LogP contribution in [0.3, 0.4) is 0 Å². The molecule has 0 aliphatic carbocycles. The number of nitrogens with two attached hydrogens (primary N) is 1. The van der Waals surface area contributed by atoms with Gasteiger partial charge in [-0.05, 0) is 34.9 Å². The Morgan fingerprint density at radius 2 is 2.11 bits per heavy atom. The highest BCUT2D eigenvalue weighted by Gasteiger charge is 2.15. The summed E-state index contributed by atoms with van der Waals surface area (Å²) in [4.78, 5) is 0. The third-order valence-corrected chi connectivity index (χ3v) is 4.42. The molecule has 98 valence electrons. The van der Waals surface area contributed by atoms with Gasteiger partial charge in [-0.25, -0.2) is 0 Å². The Morgan fingerprint density at radius 3 is 2.84 bits per heavy atom. The van der Waals surface area contributed by atoms with Crippen LogP contribution in [-0.4, -0.2) is 9.78 Å². The van der Waals surface area contributed by atoms with E-state index in [2.05, 4.69) is 41.0 Å². The number of thiophene rings is 1. The number of nitrogens with zero attached hydrogens (tertiary/aromatic N) is 2. The second-order valence-electron chi connectivity index (χ2n) is 4.91. The molecule has 0 radical (unpaired) electrons. The third kappa shape index (κ3) is 2.17. The third-order valence-electron chi connectivity index (χ3n) is 3.54. The Kier molecular flexibility index (Phi) is 3.12. The summed E-state index contributed by atoms with van der Waals surface area (Å²) in [5.74, 6) is 0. The van der Waals surface area contributed by atoms with Crippen LogP contribution < -0.4 is 5.73 Å². The molecule has 1 atom stereocenters. The van der Waals surface area contributed by atoms with Gasteiger partial charge >= 0.3 is 0 Å². The van der Waals surface area contributed by atoms with Gasteiger partial charge in [-0.2, -0.15) is 16.4 Å². The van der Waals surface area contributed by atoms with Gasteiger partial charge in [0.05, 0.1) is 11.2 Å². The van der Waals surface area contributed by atoms with Crippen molar-refractivity contribution < 1.29 is 0 Å². The van der Waals surface area contributed by atoms with E-state index in [1.807, 2.05) is 17.8 Å². The molecule has 3 rings (SSSR count). The molecule has 1 aromatic carbocycles. The van der Waals surface area contributed by atoms with Crippen molar-refractivity contribution in [3.8, 4) is 0 Å². The monoisotopic (exact) mass is 271 g/mol. The van der Waals surface area contributed by atoms with Crippen LogP contribution >= 0.6 is 11.3 Å². The van der Waals surface area contributed by atoms with Crippen molar-refractivity contribution in [1.29, 1.82) is 0 Å². The van der Waals surface area contributed by atoms with E-state index in [4.69, 9.17) is 5.73 Å². The topological polar surface area (TPSA) is 43.8 Å². The molecule has 0 aliphatic rings. The smallest absolute Gasteiger partial charge is 0.0722 e. The number of para-hydroxylation sites is 1. The van der Waals surface area contributed by atoms with Crippen molar-refractivity contribution in [2.24, 2.45) is 12.8 Å². The lowest BCUT2D eigenvalue weighted by Crippen LogP contribution is -2.14. The number of aromatic nitrogens is 2. The zero-order valence-electron chi connectivity index (χ0n) is 11.1. The summed E-state index contributed by atoms with van der Waals surface area (Å²) in [6.07, 6.45) is 0.777. The first-order valence-corrected chi connectivity index (χ1v) is 7.30. The molecule has 19 heavy (non-hydrogen) atoms. The van der Waals surface area contributed by atoms with Crippen molar-refractivity contribution in [3.05, 3.63) is 51.8 Å². The Balaban J connectivity index is 1.96. The predicted octanol–water partition coefficient (Wildman–Crippen LogP) is 3.19. The van der Waals surface area contributed by atoms with E-state index in [0.717, 1.165) is 17.6 Å². The highest BCUT2D eigenvalue weighted by atomic mass is 32.1. The highest BCUT2D eigenvalue weighted by Crippen LogP contribution is 2.25. The van der Waals surface area contributed by atoms with Crippen molar-refractivity contribution in [3.63, 3.8) is 0 Å². The number of hydrogen-bond donors (Lipinski definition) is 1. The highest BCUT2D eigenvalue weighted by molar-refractivity contribution is 7.08. The summed E-state index contributed by atoms with van der Waals surface area (Å²) < 4.78 is 1.93. The van der Waals surface area contributed by atoms with Gasteiger partial charge < -0.3 is 5.73 Å². The first-order valence-electron chi connectivity index (χ1n) is 6.35. The van der Waals surface area contributed by atoms with Crippen LogP contribution in [0.1, 0.15) is 22.9 Å². The van der Waals surface area contributed by atoms with Gasteiger partial charge in [0.25, 0.3) is 0 Å². The van der Waals surface area contributed by atoms with Gasteiger partial charge in [0.2, 0.25) is 0 Å². The molecule has 3 nitrogen and oxygen atoms in total. The molecule has 0 bridgehead atoms. The fraction of sp³-hybridized carbons (Fsp3) is 0.267. The lowest BCUT2D eigenvalue weighted by molar-refractivity contribution is 0.681. The quantitative estimate of drug-likeness (QED) is 0.795. The maximum atomic E-state index is 6.33. The Labute approximate surface area is 116 Å². The summed E-state index contributed by atoms with van der Waals surface area (Å²) in [6.45, 7) is 2.11. The van der Waals surface area contributed by atoms with Crippen molar-refractivity contribution >= 4 is 22.2 Å². The SMILES string of the molecule is Cc1cscc1C(N)Cc1nn(C)c2ccccc12. The fourth-order valence-corrected chi connectivity index (χ4v) is 3.42. The van der Waals surface area contributed by atoms with Gasteiger partial charge in [0, 0.05) is 24.9 Å². The largest absolute Gasteiger partial charge is 0.324 e. The van der Waals surface area contributed by atoms with Crippen LogP contribution in [0.25, 0.3) is 10.9 Å². The summed E-state index contributed by atoms with van der Waals surface area (Å²) in [7, 11) is 1.98. The zero-order chi connectivity index (χ0) is 13.4. The van der Waals surface area contributed by atoms with Gasteiger partial charge in [-0.3, -0.25) is 4.68 Å². The van der Waals surface area contributed by atoms with Crippen LogP contribution in [0.2, 0.25) is 0 Å². The van der Waals surface area contributed by atoms with Crippen LogP contribution in [0.5, 0.6) is 0 Å². The fourth-order valence-electron chi connectivity index (χ4n) is 2.51. The van der Waals surface area contributed by atoms with Crippen LogP contribution in [0.4, 0.5) is 0 Å². The number of rotatable bonds is 3. The maximum Gasteiger partial charge on any atom is 0.0722 e. The molecule has 0 fully saturated rings. The molecule has 0 amide bonds. The summed E-state index contributed by atoms with van der Waals surface area (Å²) in [6, 6.07) is 8.31. The molecular formula is C15H17N3S. The standard InChI is InChI=1S/C15H17N3S/c1-10-8-19-9-12(10)13(16)7-14-11-5-3-4-6-15(11)18(2)17-14/h3-6,8-9,13H,7,16H2,1-2H3. The molecule has 2 N–H and O–H groups in total. The first-order chi connectivity index (χ1) is 9.16. The molecule has 2 aromatic heterocycles. The Hall–Kier alpha value is -1.65. The molecule has 4 heteroatoms. The normalized spacial score (nSPS) is 13.0. The molecule has 2 heterocycles. The summed E-state index contributed by atoms with van der Waals surface area (Å²) in [5, 5.41) is 10.1. The van der Waals surface area contributed by atoms with E-state index in [1.54, 1.807) is 11.3 Å². The molecule has 0 aliphatic heterocycles. The Morgan fingerprint density at radius 1 is 1.32 bits per heavy atom. The van der Waals surface area contributed by atoms with Crippen molar-refractivity contribution in [1.82, 2.24) is 9.78 Å². The van der Waals surface area contributed by atoms with Crippen LogP contribution in [0.15, 0.2) is 35.0 Å². The number of benzene rings is 1. The minimum absolute atomic E-state index is 0.0181. The maximum absolute atomic E-state index is 6.33. The Bertz CT molecular complexity index is 711.